The lowest BCUT2D eigenvalue weighted by Crippen LogP contribution is -2.26. The van der Waals surface area contributed by atoms with Crippen molar-refractivity contribution in [3.63, 3.8) is 0 Å². The summed E-state index contributed by atoms with van der Waals surface area (Å²) in [5, 5.41) is 0. The van der Waals surface area contributed by atoms with Crippen LogP contribution in [0.1, 0.15) is 12.0 Å². The van der Waals surface area contributed by atoms with Gasteiger partial charge in [0.2, 0.25) is 0 Å². The number of benzene rings is 1. The molecule has 2 aromatic rings. The molecule has 4 nitrogen and oxygen atoms in total. The van der Waals surface area contributed by atoms with Crippen LogP contribution in [-0.2, 0) is 6.42 Å². The second-order valence-electron chi connectivity index (χ2n) is 4.15. The van der Waals surface area contributed by atoms with E-state index in [1.54, 1.807) is 12.4 Å². The maximum Gasteiger partial charge on any atom is 0.176 e. The van der Waals surface area contributed by atoms with Gasteiger partial charge in [0.1, 0.15) is 0 Å². The van der Waals surface area contributed by atoms with Gasteiger partial charge in [-0.1, -0.05) is 18.2 Å². The molecule has 86 valence electrons. The number of nitrogens with two attached hydrogens (primary N) is 1. The van der Waals surface area contributed by atoms with Gasteiger partial charge in [-0.25, -0.2) is 9.97 Å². The lowest BCUT2D eigenvalue weighted by Gasteiger charge is -2.30. The summed E-state index contributed by atoms with van der Waals surface area (Å²) in [5.41, 5.74) is 8.44. The number of rotatable bonds is 1. The fourth-order valence-electron chi connectivity index (χ4n) is 2.30. The van der Waals surface area contributed by atoms with Crippen molar-refractivity contribution in [2.75, 3.05) is 17.2 Å². The molecule has 0 radical (unpaired) electrons. The molecule has 0 fully saturated rings. The topological polar surface area (TPSA) is 55.0 Å². The van der Waals surface area contributed by atoms with Crippen molar-refractivity contribution in [3.8, 4) is 0 Å². The predicted molar refractivity (Wildman–Crippen MR) is 68.2 cm³/mol. The summed E-state index contributed by atoms with van der Waals surface area (Å²) >= 11 is 0. The Balaban J connectivity index is 2.09. The molecule has 0 spiro atoms. The Bertz CT molecular complexity index is 538. The average molecular weight is 226 g/mol. The van der Waals surface area contributed by atoms with Crippen molar-refractivity contribution >= 4 is 17.3 Å². The number of anilines is 3. The van der Waals surface area contributed by atoms with E-state index in [0.29, 0.717) is 5.82 Å². The molecule has 0 saturated heterocycles. The first-order valence-electron chi connectivity index (χ1n) is 5.78. The number of hydrogen-bond donors (Lipinski definition) is 1. The van der Waals surface area contributed by atoms with Crippen molar-refractivity contribution < 1.29 is 0 Å². The summed E-state index contributed by atoms with van der Waals surface area (Å²) in [6, 6.07) is 8.39. The third-order valence-corrected chi connectivity index (χ3v) is 3.07. The highest BCUT2D eigenvalue weighted by molar-refractivity contribution is 5.71. The quantitative estimate of drug-likeness (QED) is 0.809. The van der Waals surface area contributed by atoms with Gasteiger partial charge in [0.25, 0.3) is 0 Å². The predicted octanol–water partition coefficient (Wildman–Crippen LogP) is 2.14. The van der Waals surface area contributed by atoms with Crippen LogP contribution in [0, 0.1) is 0 Å². The van der Waals surface area contributed by atoms with Crippen molar-refractivity contribution in [2.24, 2.45) is 0 Å². The van der Waals surface area contributed by atoms with Crippen LogP contribution in [0.15, 0.2) is 36.7 Å². The van der Waals surface area contributed by atoms with Crippen LogP contribution < -0.4 is 10.6 Å². The first kappa shape index (κ1) is 10.1. The largest absolute Gasteiger partial charge is 0.381 e. The number of para-hydroxylation sites is 1. The Hall–Kier alpha value is -2.10. The first-order chi connectivity index (χ1) is 8.36. The van der Waals surface area contributed by atoms with Gasteiger partial charge in [0.15, 0.2) is 11.6 Å². The summed E-state index contributed by atoms with van der Waals surface area (Å²) in [7, 11) is 0. The van der Waals surface area contributed by atoms with Crippen LogP contribution in [0.5, 0.6) is 0 Å². The zero-order chi connectivity index (χ0) is 11.7. The Labute approximate surface area is 100 Å². The number of fused-ring (bicyclic) bond motifs is 1. The van der Waals surface area contributed by atoms with Gasteiger partial charge in [-0.15, -0.1) is 0 Å². The third kappa shape index (κ3) is 1.71. The van der Waals surface area contributed by atoms with E-state index in [0.717, 1.165) is 25.2 Å². The Morgan fingerprint density at radius 2 is 1.94 bits per heavy atom. The van der Waals surface area contributed by atoms with Crippen molar-refractivity contribution in [2.45, 2.75) is 12.8 Å². The highest BCUT2D eigenvalue weighted by Crippen LogP contribution is 2.33. The Kier molecular flexibility index (Phi) is 2.40. The van der Waals surface area contributed by atoms with Crippen LogP contribution >= 0.6 is 0 Å². The van der Waals surface area contributed by atoms with Gasteiger partial charge in [0.05, 0.1) is 0 Å². The molecule has 0 amide bonds. The van der Waals surface area contributed by atoms with E-state index in [1.807, 2.05) is 6.07 Å². The molecule has 4 heteroatoms. The molecule has 0 atom stereocenters. The standard InChI is InChI=1S/C13H14N4/c14-12-13(16-8-7-15-12)17-9-3-5-10-4-1-2-6-11(10)17/h1-2,4,6-8H,3,5,9H2,(H2,14,15). The fraction of sp³-hybridized carbons (Fsp3) is 0.231. The van der Waals surface area contributed by atoms with Crippen LogP contribution in [0.3, 0.4) is 0 Å². The van der Waals surface area contributed by atoms with Crippen molar-refractivity contribution in [1.29, 1.82) is 0 Å². The van der Waals surface area contributed by atoms with Crippen molar-refractivity contribution in [1.82, 2.24) is 9.97 Å². The summed E-state index contributed by atoms with van der Waals surface area (Å²) in [4.78, 5) is 10.6. The second-order valence-corrected chi connectivity index (χ2v) is 4.15. The molecule has 1 aliphatic rings. The minimum atomic E-state index is 0.490. The fourth-order valence-corrected chi connectivity index (χ4v) is 2.30. The monoisotopic (exact) mass is 226 g/mol. The molecule has 2 heterocycles. The summed E-state index contributed by atoms with van der Waals surface area (Å²) < 4.78 is 0. The van der Waals surface area contributed by atoms with Crippen LogP contribution in [-0.4, -0.2) is 16.5 Å². The maximum atomic E-state index is 5.89. The second kappa shape index (κ2) is 4.05. The van der Waals surface area contributed by atoms with Gasteiger partial charge in [-0.2, -0.15) is 0 Å². The van der Waals surface area contributed by atoms with Gasteiger partial charge in [-0.3, -0.25) is 0 Å². The van der Waals surface area contributed by atoms with E-state index in [4.69, 9.17) is 5.73 Å². The van der Waals surface area contributed by atoms with Crippen LogP contribution in [0.4, 0.5) is 17.3 Å². The summed E-state index contributed by atoms with van der Waals surface area (Å²) in [6.07, 6.45) is 5.54. The molecule has 17 heavy (non-hydrogen) atoms. The molecular formula is C13H14N4. The normalized spacial score (nSPS) is 14.5. The summed E-state index contributed by atoms with van der Waals surface area (Å²) in [6.45, 7) is 0.944. The van der Waals surface area contributed by atoms with Crippen LogP contribution in [0.25, 0.3) is 0 Å². The Morgan fingerprint density at radius 3 is 2.82 bits per heavy atom. The molecule has 0 aliphatic carbocycles. The Morgan fingerprint density at radius 1 is 1.12 bits per heavy atom. The zero-order valence-corrected chi connectivity index (χ0v) is 9.50. The van der Waals surface area contributed by atoms with Gasteiger partial charge < -0.3 is 10.6 Å². The number of aromatic nitrogens is 2. The molecule has 0 unspecified atom stereocenters. The minimum Gasteiger partial charge on any atom is -0.381 e. The van der Waals surface area contributed by atoms with E-state index >= 15 is 0 Å². The zero-order valence-electron chi connectivity index (χ0n) is 9.50. The maximum absolute atomic E-state index is 5.89. The number of nitrogens with zero attached hydrogens (tertiary/aromatic N) is 3. The van der Waals surface area contributed by atoms with E-state index in [9.17, 15) is 0 Å². The highest BCUT2D eigenvalue weighted by Gasteiger charge is 2.20. The molecule has 0 bridgehead atoms. The summed E-state index contributed by atoms with van der Waals surface area (Å²) in [5.74, 6) is 1.25. The lowest BCUT2D eigenvalue weighted by molar-refractivity contribution is 0.759. The number of nitrogen functional groups attached to an aromatic ring is 1. The molecular weight excluding hydrogens is 212 g/mol. The molecule has 2 N–H and O–H groups in total. The lowest BCUT2D eigenvalue weighted by atomic mass is 10.0. The van der Waals surface area contributed by atoms with E-state index in [1.165, 1.54) is 11.3 Å². The number of hydrogen-bond acceptors (Lipinski definition) is 4. The highest BCUT2D eigenvalue weighted by atomic mass is 15.2. The molecule has 1 aromatic heterocycles. The smallest absolute Gasteiger partial charge is 0.176 e. The minimum absolute atomic E-state index is 0.490. The van der Waals surface area contributed by atoms with E-state index < -0.39 is 0 Å². The van der Waals surface area contributed by atoms with Crippen molar-refractivity contribution in [3.05, 3.63) is 42.2 Å². The van der Waals surface area contributed by atoms with E-state index in [-0.39, 0.29) is 0 Å². The molecule has 3 rings (SSSR count). The van der Waals surface area contributed by atoms with Gasteiger partial charge >= 0.3 is 0 Å². The molecule has 1 aromatic carbocycles. The van der Waals surface area contributed by atoms with Crippen LogP contribution in [0.2, 0.25) is 0 Å². The molecule has 0 saturated carbocycles. The van der Waals surface area contributed by atoms with Gasteiger partial charge in [0, 0.05) is 24.6 Å². The average Bonchev–Trinajstić information content (AvgIpc) is 2.39. The third-order valence-electron chi connectivity index (χ3n) is 3.07. The number of aryl methyl sites for hydroxylation is 1. The molecule has 1 aliphatic heterocycles. The van der Waals surface area contributed by atoms with E-state index in [2.05, 4.69) is 33.1 Å². The van der Waals surface area contributed by atoms with Gasteiger partial charge in [-0.05, 0) is 24.5 Å². The SMILES string of the molecule is Nc1nccnc1N1CCCc2ccccc21. The first-order valence-corrected chi connectivity index (χ1v) is 5.78.